The maximum Gasteiger partial charge on any atom is 0.0726 e. The number of rotatable bonds is 6. The lowest BCUT2D eigenvalue weighted by Gasteiger charge is -2.33. The molecule has 0 aliphatic heterocycles. The third kappa shape index (κ3) is 5.35. The fourth-order valence-electron chi connectivity index (χ4n) is 10.8. The highest BCUT2D eigenvalue weighted by molar-refractivity contribution is 7.26. The van der Waals surface area contributed by atoms with Crippen LogP contribution in [0.5, 0.6) is 0 Å². The van der Waals surface area contributed by atoms with Gasteiger partial charge in [0.2, 0.25) is 0 Å². The SMILES string of the molecule is c1ccc(-c2ccc(-c3c(N(c4ccc(-c5ccccc5)cc4)c4ccc5c(c4)C4(c6ccccc6-c6ccccc64)c4ccccc4-5)ccc4sc5ccccc5c34)cc2)cc1. The van der Waals surface area contributed by atoms with Crippen LogP contribution in [0.2, 0.25) is 0 Å². The minimum Gasteiger partial charge on any atom is -0.310 e. The van der Waals surface area contributed by atoms with Gasteiger partial charge < -0.3 is 4.90 Å². The highest BCUT2D eigenvalue weighted by Crippen LogP contribution is 2.63. The van der Waals surface area contributed by atoms with Gasteiger partial charge >= 0.3 is 0 Å². The van der Waals surface area contributed by atoms with Crippen molar-refractivity contribution in [2.45, 2.75) is 5.41 Å². The number of fused-ring (bicyclic) bond motifs is 13. The van der Waals surface area contributed by atoms with E-state index >= 15 is 0 Å². The highest BCUT2D eigenvalue weighted by Gasteiger charge is 2.51. The van der Waals surface area contributed by atoms with Gasteiger partial charge in [-0.15, -0.1) is 11.3 Å². The standard InChI is InChI=1S/C61H39NS/c1-3-15-40(16-4-1)42-27-29-44(30-28-42)59-56(37-38-58-60(59)51-22-10-14-26-57(51)63-58)62(45-33-31-43(32-34-45)41-17-5-2-6-18-41)46-35-36-50-49-21-9-13-25-54(49)61(55(50)39-46)52-23-11-7-19-47(52)48-20-8-12-24-53(48)61/h1-39H. The Morgan fingerprint density at radius 1 is 0.317 bits per heavy atom. The molecule has 0 fully saturated rings. The third-order valence-corrected chi connectivity index (χ3v) is 14.7. The molecule has 0 bridgehead atoms. The van der Waals surface area contributed by atoms with Gasteiger partial charge in [-0.25, -0.2) is 0 Å². The first-order chi connectivity index (χ1) is 31.3. The van der Waals surface area contributed by atoms with Gasteiger partial charge in [-0.3, -0.25) is 0 Å². The molecule has 1 nitrogen and oxygen atoms in total. The number of hydrogen-bond donors (Lipinski definition) is 0. The zero-order valence-corrected chi connectivity index (χ0v) is 35.2. The molecule has 0 saturated heterocycles. The van der Waals surface area contributed by atoms with Crippen molar-refractivity contribution in [3.63, 3.8) is 0 Å². The van der Waals surface area contributed by atoms with Gasteiger partial charge in [-0.2, -0.15) is 0 Å². The molecule has 63 heavy (non-hydrogen) atoms. The quantitative estimate of drug-likeness (QED) is 0.162. The first kappa shape index (κ1) is 35.9. The summed E-state index contributed by atoms with van der Waals surface area (Å²) in [6, 6.07) is 87.8. The molecule has 13 rings (SSSR count). The summed E-state index contributed by atoms with van der Waals surface area (Å²) in [5.41, 5.74) is 20.7. The molecular weight excluding hydrogens is 779 g/mol. The Balaban J connectivity index is 1.09. The highest BCUT2D eigenvalue weighted by atomic mass is 32.1. The van der Waals surface area contributed by atoms with Crippen LogP contribution < -0.4 is 4.90 Å². The number of hydrogen-bond acceptors (Lipinski definition) is 2. The van der Waals surface area contributed by atoms with Crippen LogP contribution in [0.15, 0.2) is 237 Å². The van der Waals surface area contributed by atoms with E-state index in [-0.39, 0.29) is 0 Å². The van der Waals surface area contributed by atoms with E-state index in [0.29, 0.717) is 0 Å². The van der Waals surface area contributed by atoms with Crippen LogP contribution >= 0.6 is 11.3 Å². The molecule has 294 valence electrons. The monoisotopic (exact) mass is 817 g/mol. The molecule has 1 aromatic heterocycles. The van der Waals surface area contributed by atoms with Crippen LogP contribution in [0, 0.1) is 0 Å². The molecule has 0 atom stereocenters. The molecule has 2 heteroatoms. The second kappa shape index (κ2) is 14.1. The van der Waals surface area contributed by atoms with E-state index in [4.69, 9.17) is 0 Å². The molecule has 0 N–H and O–H groups in total. The van der Waals surface area contributed by atoms with Crippen LogP contribution in [-0.2, 0) is 5.41 Å². The summed E-state index contributed by atoms with van der Waals surface area (Å²) in [6.45, 7) is 0. The minimum atomic E-state index is -0.457. The Kier molecular flexibility index (Phi) is 8.06. The Hall–Kier alpha value is -7.78. The van der Waals surface area contributed by atoms with Crippen LogP contribution in [0.25, 0.3) is 75.8 Å². The molecule has 2 aliphatic rings. The van der Waals surface area contributed by atoms with E-state index in [1.54, 1.807) is 0 Å². The van der Waals surface area contributed by atoms with Gasteiger partial charge in [0.25, 0.3) is 0 Å². The summed E-state index contributed by atoms with van der Waals surface area (Å²) in [6.07, 6.45) is 0. The summed E-state index contributed by atoms with van der Waals surface area (Å²) in [5, 5.41) is 2.57. The van der Waals surface area contributed by atoms with Crippen molar-refractivity contribution in [1.82, 2.24) is 0 Å². The summed E-state index contributed by atoms with van der Waals surface area (Å²) in [7, 11) is 0. The molecule has 10 aromatic carbocycles. The van der Waals surface area contributed by atoms with E-state index in [0.717, 1.165) is 17.1 Å². The maximum atomic E-state index is 2.52. The second-order valence-electron chi connectivity index (χ2n) is 16.7. The van der Waals surface area contributed by atoms with E-state index in [9.17, 15) is 0 Å². The van der Waals surface area contributed by atoms with Crippen molar-refractivity contribution in [3.05, 3.63) is 259 Å². The molecule has 0 amide bonds. The van der Waals surface area contributed by atoms with E-state index in [1.165, 1.54) is 98.1 Å². The fraction of sp³-hybridized carbons (Fsp3) is 0.0164. The Labute approximate surface area is 371 Å². The first-order valence-corrected chi connectivity index (χ1v) is 22.6. The van der Waals surface area contributed by atoms with Gasteiger partial charge in [0.05, 0.1) is 11.1 Å². The number of benzene rings is 10. The van der Waals surface area contributed by atoms with Crippen molar-refractivity contribution >= 4 is 48.6 Å². The van der Waals surface area contributed by atoms with Crippen molar-refractivity contribution in [3.8, 4) is 55.6 Å². The average molecular weight is 818 g/mol. The van der Waals surface area contributed by atoms with Gasteiger partial charge in [-0.05, 0) is 115 Å². The molecule has 1 spiro atoms. The molecule has 1 heterocycles. The molecule has 0 unspecified atom stereocenters. The summed E-state index contributed by atoms with van der Waals surface area (Å²) >= 11 is 1.87. The molecular formula is C61H39NS. The zero-order chi connectivity index (χ0) is 41.5. The lowest BCUT2D eigenvalue weighted by molar-refractivity contribution is 0.793. The summed E-state index contributed by atoms with van der Waals surface area (Å²) in [4.78, 5) is 2.52. The maximum absolute atomic E-state index is 2.52. The van der Waals surface area contributed by atoms with E-state index < -0.39 is 5.41 Å². The smallest absolute Gasteiger partial charge is 0.0726 e. The third-order valence-electron chi connectivity index (χ3n) is 13.5. The van der Waals surface area contributed by atoms with Crippen molar-refractivity contribution in [2.75, 3.05) is 4.90 Å². The predicted octanol–water partition coefficient (Wildman–Crippen LogP) is 16.9. The van der Waals surface area contributed by atoms with Gasteiger partial charge in [0, 0.05) is 37.1 Å². The second-order valence-corrected chi connectivity index (χ2v) is 17.8. The normalized spacial score (nSPS) is 12.9. The van der Waals surface area contributed by atoms with Crippen LogP contribution in [0.3, 0.4) is 0 Å². The van der Waals surface area contributed by atoms with Crippen molar-refractivity contribution in [1.29, 1.82) is 0 Å². The fourth-order valence-corrected chi connectivity index (χ4v) is 11.9. The molecule has 2 aliphatic carbocycles. The van der Waals surface area contributed by atoms with Crippen molar-refractivity contribution in [2.24, 2.45) is 0 Å². The minimum absolute atomic E-state index is 0.457. The lowest BCUT2D eigenvalue weighted by atomic mass is 9.70. The van der Waals surface area contributed by atoms with Crippen LogP contribution in [0.1, 0.15) is 22.3 Å². The average Bonchev–Trinajstić information content (AvgIpc) is 3.99. The number of anilines is 3. The Bertz CT molecular complexity index is 3480. The lowest BCUT2D eigenvalue weighted by Crippen LogP contribution is -2.26. The van der Waals surface area contributed by atoms with Crippen molar-refractivity contribution < 1.29 is 0 Å². The summed E-state index contributed by atoms with van der Waals surface area (Å²) < 4.78 is 2.57. The number of nitrogens with zero attached hydrogens (tertiary/aromatic N) is 1. The Morgan fingerprint density at radius 2 is 0.778 bits per heavy atom. The van der Waals surface area contributed by atoms with E-state index in [1.807, 2.05) is 11.3 Å². The largest absolute Gasteiger partial charge is 0.310 e. The van der Waals surface area contributed by atoms with E-state index in [2.05, 4.69) is 241 Å². The van der Waals surface area contributed by atoms with Crippen LogP contribution in [-0.4, -0.2) is 0 Å². The van der Waals surface area contributed by atoms with Gasteiger partial charge in [0.1, 0.15) is 0 Å². The van der Waals surface area contributed by atoms with Gasteiger partial charge in [0.15, 0.2) is 0 Å². The molecule has 11 aromatic rings. The Morgan fingerprint density at radius 3 is 1.38 bits per heavy atom. The van der Waals surface area contributed by atoms with Gasteiger partial charge in [-0.1, -0.05) is 194 Å². The zero-order valence-electron chi connectivity index (χ0n) is 34.4. The van der Waals surface area contributed by atoms with Crippen LogP contribution in [0.4, 0.5) is 17.1 Å². The first-order valence-electron chi connectivity index (χ1n) is 21.8. The molecule has 0 radical (unpaired) electrons. The predicted molar refractivity (Wildman–Crippen MR) is 267 cm³/mol. The molecule has 0 saturated carbocycles. The topological polar surface area (TPSA) is 3.24 Å². The number of thiophene rings is 1. The summed E-state index contributed by atoms with van der Waals surface area (Å²) in [5.74, 6) is 0.